The van der Waals surface area contributed by atoms with Crippen LogP contribution >= 0.6 is 23.4 Å². The molecule has 12 heavy (non-hydrogen) atoms. The van der Waals surface area contributed by atoms with E-state index in [4.69, 9.17) is 11.6 Å². The number of hydrogen-bond donors (Lipinski definition) is 1. The molecule has 0 atom stereocenters. The van der Waals surface area contributed by atoms with Gasteiger partial charge in [0.15, 0.2) is 0 Å². The van der Waals surface area contributed by atoms with Crippen LogP contribution in [0.3, 0.4) is 0 Å². The predicted molar refractivity (Wildman–Crippen MR) is 53.9 cm³/mol. The number of thioether (sulfide) groups is 1. The highest BCUT2D eigenvalue weighted by molar-refractivity contribution is 7.98. The van der Waals surface area contributed by atoms with Crippen molar-refractivity contribution < 1.29 is 0 Å². The van der Waals surface area contributed by atoms with Gasteiger partial charge in [-0.2, -0.15) is 11.8 Å². The second-order valence-electron chi connectivity index (χ2n) is 2.14. The standard InChI is InChI=1S/C7H10ClN3S/c1-12-3-2-9-7-5-10-6(8)4-11-7/h4-5H,2-3H2,1H3,(H,9,11). The molecule has 0 fully saturated rings. The van der Waals surface area contributed by atoms with Crippen molar-refractivity contribution in [2.75, 3.05) is 23.9 Å². The quantitative estimate of drug-likeness (QED) is 0.759. The van der Waals surface area contributed by atoms with Gasteiger partial charge in [-0.3, -0.25) is 0 Å². The fraction of sp³-hybridized carbons (Fsp3) is 0.429. The number of hydrogen-bond acceptors (Lipinski definition) is 4. The third kappa shape index (κ3) is 3.28. The van der Waals surface area contributed by atoms with Crippen molar-refractivity contribution in [3.05, 3.63) is 17.5 Å². The third-order valence-electron chi connectivity index (χ3n) is 1.23. The van der Waals surface area contributed by atoms with E-state index >= 15 is 0 Å². The number of nitrogens with zero attached hydrogens (tertiary/aromatic N) is 2. The van der Waals surface area contributed by atoms with E-state index in [1.807, 2.05) is 0 Å². The lowest BCUT2D eigenvalue weighted by Gasteiger charge is -2.02. The van der Waals surface area contributed by atoms with Crippen molar-refractivity contribution in [3.8, 4) is 0 Å². The predicted octanol–water partition coefficient (Wildman–Crippen LogP) is 1.90. The first-order chi connectivity index (χ1) is 5.83. The number of rotatable bonds is 4. The van der Waals surface area contributed by atoms with E-state index in [-0.39, 0.29) is 0 Å². The van der Waals surface area contributed by atoms with Crippen LogP contribution < -0.4 is 5.32 Å². The first-order valence-corrected chi connectivity index (χ1v) is 5.30. The Balaban J connectivity index is 2.37. The molecule has 0 aliphatic rings. The lowest BCUT2D eigenvalue weighted by Crippen LogP contribution is -2.05. The summed E-state index contributed by atoms with van der Waals surface area (Å²) in [7, 11) is 0. The molecule has 1 aromatic heterocycles. The SMILES string of the molecule is CSCCNc1cnc(Cl)cn1. The summed E-state index contributed by atoms with van der Waals surface area (Å²) in [4.78, 5) is 7.93. The summed E-state index contributed by atoms with van der Waals surface area (Å²) >= 11 is 7.35. The van der Waals surface area contributed by atoms with Gasteiger partial charge in [-0.25, -0.2) is 9.97 Å². The molecule has 66 valence electrons. The topological polar surface area (TPSA) is 37.8 Å². The molecule has 0 bridgehead atoms. The van der Waals surface area contributed by atoms with Crippen LogP contribution in [0.1, 0.15) is 0 Å². The van der Waals surface area contributed by atoms with E-state index in [0.29, 0.717) is 5.15 Å². The zero-order chi connectivity index (χ0) is 8.81. The second kappa shape index (κ2) is 5.22. The molecule has 5 heteroatoms. The minimum Gasteiger partial charge on any atom is -0.368 e. The minimum atomic E-state index is 0.422. The molecule has 1 rings (SSSR count). The Hall–Kier alpha value is -0.480. The van der Waals surface area contributed by atoms with Crippen molar-refractivity contribution >= 4 is 29.2 Å². The van der Waals surface area contributed by atoms with Crippen molar-refractivity contribution in [3.63, 3.8) is 0 Å². The van der Waals surface area contributed by atoms with Crippen LogP contribution in [0.15, 0.2) is 12.4 Å². The monoisotopic (exact) mass is 203 g/mol. The fourth-order valence-corrected chi connectivity index (χ4v) is 1.09. The number of nitrogens with one attached hydrogen (secondary N) is 1. The fourth-order valence-electron chi connectivity index (χ4n) is 0.685. The lowest BCUT2D eigenvalue weighted by atomic mass is 10.6. The first-order valence-electron chi connectivity index (χ1n) is 3.53. The summed E-state index contributed by atoms with van der Waals surface area (Å²) in [5, 5.41) is 3.54. The van der Waals surface area contributed by atoms with Gasteiger partial charge in [0.05, 0.1) is 12.4 Å². The molecule has 3 nitrogen and oxygen atoms in total. The molecule has 0 spiro atoms. The number of anilines is 1. The van der Waals surface area contributed by atoms with Crippen LogP contribution in [0.4, 0.5) is 5.82 Å². The molecular weight excluding hydrogens is 194 g/mol. The average Bonchev–Trinajstić information content (AvgIpc) is 2.09. The molecule has 1 N–H and O–H groups in total. The van der Waals surface area contributed by atoms with E-state index in [1.54, 1.807) is 18.0 Å². The molecule has 0 aliphatic heterocycles. The van der Waals surface area contributed by atoms with Crippen molar-refractivity contribution in [1.82, 2.24) is 9.97 Å². The van der Waals surface area contributed by atoms with Crippen molar-refractivity contribution in [1.29, 1.82) is 0 Å². The zero-order valence-electron chi connectivity index (χ0n) is 6.75. The van der Waals surface area contributed by atoms with Gasteiger partial charge in [0.1, 0.15) is 11.0 Å². The van der Waals surface area contributed by atoms with Crippen LogP contribution in [0.5, 0.6) is 0 Å². The third-order valence-corrected chi connectivity index (χ3v) is 2.04. The first kappa shape index (κ1) is 9.61. The van der Waals surface area contributed by atoms with Gasteiger partial charge in [0.25, 0.3) is 0 Å². The lowest BCUT2D eigenvalue weighted by molar-refractivity contribution is 1.13. The minimum absolute atomic E-state index is 0.422. The highest BCUT2D eigenvalue weighted by Crippen LogP contribution is 2.04. The van der Waals surface area contributed by atoms with Gasteiger partial charge in [-0.1, -0.05) is 11.6 Å². The summed E-state index contributed by atoms with van der Waals surface area (Å²) < 4.78 is 0. The van der Waals surface area contributed by atoms with E-state index in [0.717, 1.165) is 18.1 Å². The Morgan fingerprint density at radius 3 is 2.92 bits per heavy atom. The van der Waals surface area contributed by atoms with E-state index in [2.05, 4.69) is 21.5 Å². The molecule has 0 amide bonds. The van der Waals surface area contributed by atoms with Crippen LogP contribution in [0, 0.1) is 0 Å². The maximum atomic E-state index is 5.57. The van der Waals surface area contributed by atoms with E-state index in [1.165, 1.54) is 6.20 Å². The number of aromatic nitrogens is 2. The maximum absolute atomic E-state index is 5.57. The Labute approximate surface area is 80.9 Å². The highest BCUT2D eigenvalue weighted by atomic mass is 35.5. The molecule has 0 unspecified atom stereocenters. The highest BCUT2D eigenvalue weighted by Gasteiger charge is 1.92. The van der Waals surface area contributed by atoms with E-state index in [9.17, 15) is 0 Å². The summed E-state index contributed by atoms with van der Waals surface area (Å²) in [5.74, 6) is 1.83. The summed E-state index contributed by atoms with van der Waals surface area (Å²) in [6.07, 6.45) is 5.22. The van der Waals surface area contributed by atoms with Gasteiger partial charge < -0.3 is 5.32 Å². The van der Waals surface area contributed by atoms with Gasteiger partial charge in [-0.05, 0) is 6.26 Å². The Bertz CT molecular complexity index is 227. The Kier molecular flexibility index (Phi) is 4.18. The average molecular weight is 204 g/mol. The van der Waals surface area contributed by atoms with Crippen LogP contribution in [-0.4, -0.2) is 28.5 Å². The number of halogens is 1. The summed E-state index contributed by atoms with van der Waals surface area (Å²) in [6, 6.07) is 0. The van der Waals surface area contributed by atoms with Crippen molar-refractivity contribution in [2.45, 2.75) is 0 Å². The van der Waals surface area contributed by atoms with Crippen LogP contribution in [0.25, 0.3) is 0 Å². The van der Waals surface area contributed by atoms with Gasteiger partial charge >= 0.3 is 0 Å². The Morgan fingerprint density at radius 2 is 2.33 bits per heavy atom. The molecule has 0 aromatic carbocycles. The molecule has 0 saturated carbocycles. The summed E-state index contributed by atoms with van der Waals surface area (Å²) in [5.41, 5.74) is 0. The van der Waals surface area contributed by atoms with Gasteiger partial charge in [0.2, 0.25) is 0 Å². The molecule has 0 radical (unpaired) electrons. The van der Waals surface area contributed by atoms with Gasteiger partial charge in [0, 0.05) is 12.3 Å². The second-order valence-corrected chi connectivity index (χ2v) is 3.52. The smallest absolute Gasteiger partial charge is 0.147 e. The normalized spacial score (nSPS) is 9.83. The van der Waals surface area contributed by atoms with E-state index < -0.39 is 0 Å². The van der Waals surface area contributed by atoms with Crippen LogP contribution in [0.2, 0.25) is 5.15 Å². The molecular formula is C7H10ClN3S. The molecule has 1 heterocycles. The molecule has 0 aliphatic carbocycles. The maximum Gasteiger partial charge on any atom is 0.147 e. The van der Waals surface area contributed by atoms with Gasteiger partial charge in [-0.15, -0.1) is 0 Å². The molecule has 0 saturated heterocycles. The Morgan fingerprint density at radius 1 is 1.50 bits per heavy atom. The van der Waals surface area contributed by atoms with Crippen molar-refractivity contribution in [2.24, 2.45) is 0 Å². The zero-order valence-corrected chi connectivity index (χ0v) is 8.32. The largest absolute Gasteiger partial charge is 0.368 e. The molecule has 1 aromatic rings. The summed E-state index contributed by atoms with van der Waals surface area (Å²) in [6.45, 7) is 0.900. The van der Waals surface area contributed by atoms with Crippen LogP contribution in [-0.2, 0) is 0 Å².